The Balaban J connectivity index is 1.80. The third kappa shape index (κ3) is 5.31. The SMILES string of the molecule is COc1ccccc1CC(=O)Nc1ccc(C)c(S(=O)(=O)Nc2cccc(Cl)c2)c1. The van der Waals surface area contributed by atoms with Gasteiger partial charge in [-0.3, -0.25) is 9.52 Å². The molecule has 30 heavy (non-hydrogen) atoms. The molecule has 2 N–H and O–H groups in total. The van der Waals surface area contributed by atoms with Gasteiger partial charge in [-0.25, -0.2) is 8.42 Å². The maximum Gasteiger partial charge on any atom is 0.262 e. The van der Waals surface area contributed by atoms with Crippen LogP contribution in [0.25, 0.3) is 0 Å². The molecule has 0 atom stereocenters. The molecule has 6 nitrogen and oxygen atoms in total. The summed E-state index contributed by atoms with van der Waals surface area (Å²) >= 11 is 5.93. The van der Waals surface area contributed by atoms with E-state index in [1.54, 1.807) is 56.5 Å². The van der Waals surface area contributed by atoms with Gasteiger partial charge in [-0.2, -0.15) is 0 Å². The van der Waals surface area contributed by atoms with Gasteiger partial charge in [-0.15, -0.1) is 0 Å². The molecule has 0 saturated heterocycles. The van der Waals surface area contributed by atoms with Crippen molar-refractivity contribution in [2.45, 2.75) is 18.2 Å². The minimum absolute atomic E-state index is 0.0672. The summed E-state index contributed by atoms with van der Waals surface area (Å²) in [5.41, 5.74) is 2.02. The highest BCUT2D eigenvalue weighted by molar-refractivity contribution is 7.92. The van der Waals surface area contributed by atoms with Crippen LogP contribution in [0, 0.1) is 6.92 Å². The van der Waals surface area contributed by atoms with Crippen molar-refractivity contribution < 1.29 is 17.9 Å². The van der Waals surface area contributed by atoms with Crippen molar-refractivity contribution in [3.05, 3.63) is 82.9 Å². The van der Waals surface area contributed by atoms with E-state index in [1.807, 2.05) is 12.1 Å². The van der Waals surface area contributed by atoms with Crippen molar-refractivity contribution in [1.82, 2.24) is 0 Å². The number of sulfonamides is 1. The van der Waals surface area contributed by atoms with Gasteiger partial charge < -0.3 is 10.1 Å². The molecule has 8 heteroatoms. The Bertz CT molecular complexity index is 1180. The molecule has 0 bridgehead atoms. The maximum atomic E-state index is 12.9. The van der Waals surface area contributed by atoms with Crippen molar-refractivity contribution in [2.24, 2.45) is 0 Å². The van der Waals surface area contributed by atoms with Crippen LogP contribution in [0.3, 0.4) is 0 Å². The average Bonchev–Trinajstić information content (AvgIpc) is 2.69. The Hall–Kier alpha value is -3.03. The first kappa shape index (κ1) is 21.7. The zero-order chi connectivity index (χ0) is 21.7. The lowest BCUT2D eigenvalue weighted by molar-refractivity contribution is -0.115. The normalized spacial score (nSPS) is 11.0. The smallest absolute Gasteiger partial charge is 0.262 e. The molecule has 0 aliphatic heterocycles. The van der Waals surface area contributed by atoms with E-state index in [4.69, 9.17) is 16.3 Å². The van der Waals surface area contributed by atoms with E-state index in [0.29, 0.717) is 27.7 Å². The van der Waals surface area contributed by atoms with Crippen LogP contribution >= 0.6 is 11.6 Å². The van der Waals surface area contributed by atoms with Crippen molar-refractivity contribution in [3.63, 3.8) is 0 Å². The molecule has 0 heterocycles. The molecular formula is C22H21ClN2O4S. The highest BCUT2D eigenvalue weighted by Gasteiger charge is 2.19. The largest absolute Gasteiger partial charge is 0.496 e. The monoisotopic (exact) mass is 444 g/mol. The Labute approximate surface area is 180 Å². The lowest BCUT2D eigenvalue weighted by atomic mass is 10.1. The van der Waals surface area contributed by atoms with Gasteiger partial charge in [0.25, 0.3) is 10.0 Å². The van der Waals surface area contributed by atoms with Crippen LogP contribution in [0.2, 0.25) is 5.02 Å². The molecule has 3 aromatic carbocycles. The number of methoxy groups -OCH3 is 1. The number of aryl methyl sites for hydroxylation is 1. The minimum Gasteiger partial charge on any atom is -0.496 e. The van der Waals surface area contributed by atoms with E-state index in [2.05, 4.69) is 10.0 Å². The van der Waals surface area contributed by atoms with Gasteiger partial charge >= 0.3 is 0 Å². The first-order chi connectivity index (χ1) is 14.3. The van der Waals surface area contributed by atoms with Crippen LogP contribution in [0.1, 0.15) is 11.1 Å². The third-order valence-electron chi connectivity index (χ3n) is 4.38. The summed E-state index contributed by atoms with van der Waals surface area (Å²) in [5, 5.41) is 3.17. The van der Waals surface area contributed by atoms with E-state index in [-0.39, 0.29) is 17.2 Å². The van der Waals surface area contributed by atoms with Crippen molar-refractivity contribution in [2.75, 3.05) is 17.1 Å². The molecule has 0 unspecified atom stereocenters. The number of amides is 1. The molecule has 0 spiro atoms. The zero-order valence-corrected chi connectivity index (χ0v) is 18.0. The summed E-state index contributed by atoms with van der Waals surface area (Å²) in [5.74, 6) is 0.333. The summed E-state index contributed by atoms with van der Waals surface area (Å²) in [7, 11) is -2.33. The molecule has 0 fully saturated rings. The summed E-state index contributed by atoms with van der Waals surface area (Å²) < 4.78 is 33.5. The first-order valence-electron chi connectivity index (χ1n) is 9.09. The lowest BCUT2D eigenvalue weighted by Crippen LogP contribution is -2.17. The summed E-state index contributed by atoms with van der Waals surface area (Å²) in [6, 6.07) is 18.4. The number of rotatable bonds is 7. The zero-order valence-electron chi connectivity index (χ0n) is 16.5. The number of ether oxygens (including phenoxy) is 1. The van der Waals surface area contributed by atoms with Crippen LogP contribution in [0.4, 0.5) is 11.4 Å². The van der Waals surface area contributed by atoms with E-state index in [0.717, 1.165) is 5.56 Å². The topological polar surface area (TPSA) is 84.5 Å². The molecule has 3 aromatic rings. The minimum atomic E-state index is -3.87. The fourth-order valence-corrected chi connectivity index (χ4v) is 4.47. The van der Waals surface area contributed by atoms with Crippen molar-refractivity contribution >= 4 is 38.9 Å². The second kappa shape index (κ2) is 9.19. The number of nitrogens with one attached hydrogen (secondary N) is 2. The molecule has 0 aliphatic carbocycles. The number of para-hydroxylation sites is 1. The Morgan fingerprint density at radius 3 is 2.50 bits per heavy atom. The van der Waals surface area contributed by atoms with E-state index in [9.17, 15) is 13.2 Å². The van der Waals surface area contributed by atoms with Crippen LogP contribution in [0.15, 0.2) is 71.6 Å². The van der Waals surface area contributed by atoms with Gasteiger partial charge in [-0.1, -0.05) is 41.9 Å². The highest BCUT2D eigenvalue weighted by atomic mass is 35.5. The molecule has 0 aromatic heterocycles. The molecule has 0 saturated carbocycles. The van der Waals surface area contributed by atoms with Crippen molar-refractivity contribution in [1.29, 1.82) is 0 Å². The second-order valence-electron chi connectivity index (χ2n) is 6.63. The average molecular weight is 445 g/mol. The van der Waals surface area contributed by atoms with Crippen LogP contribution in [-0.2, 0) is 21.2 Å². The Morgan fingerprint density at radius 1 is 1.00 bits per heavy atom. The summed E-state index contributed by atoms with van der Waals surface area (Å²) in [4.78, 5) is 12.5. The standard InChI is InChI=1S/C22H21ClN2O4S/c1-15-10-11-18(24-22(26)12-16-6-3-4-9-20(16)29-2)14-21(15)30(27,28)25-19-8-5-7-17(23)13-19/h3-11,13-14,25H,12H2,1-2H3,(H,24,26). The molecule has 0 aliphatic rings. The number of anilines is 2. The fourth-order valence-electron chi connectivity index (χ4n) is 2.96. The molecule has 3 rings (SSSR count). The molecular weight excluding hydrogens is 424 g/mol. The predicted molar refractivity (Wildman–Crippen MR) is 119 cm³/mol. The number of halogens is 1. The van der Waals surface area contributed by atoms with E-state index < -0.39 is 10.0 Å². The van der Waals surface area contributed by atoms with Gasteiger partial charge in [0.05, 0.1) is 24.1 Å². The number of hydrogen-bond donors (Lipinski definition) is 2. The van der Waals surface area contributed by atoms with Gasteiger partial charge in [0.2, 0.25) is 5.91 Å². The number of hydrogen-bond acceptors (Lipinski definition) is 4. The third-order valence-corrected chi connectivity index (χ3v) is 6.14. The van der Waals surface area contributed by atoms with E-state index >= 15 is 0 Å². The van der Waals surface area contributed by atoms with Crippen LogP contribution < -0.4 is 14.8 Å². The summed E-state index contributed by atoms with van der Waals surface area (Å²) in [6.45, 7) is 1.69. The number of carbonyl (C=O) groups is 1. The highest BCUT2D eigenvalue weighted by Crippen LogP contribution is 2.25. The second-order valence-corrected chi connectivity index (χ2v) is 8.72. The quantitative estimate of drug-likeness (QED) is 0.556. The molecule has 1 amide bonds. The van der Waals surface area contributed by atoms with Crippen LogP contribution in [-0.4, -0.2) is 21.4 Å². The number of carbonyl (C=O) groups excluding carboxylic acids is 1. The molecule has 156 valence electrons. The van der Waals surface area contributed by atoms with Crippen molar-refractivity contribution in [3.8, 4) is 5.75 Å². The Kier molecular flexibility index (Phi) is 6.64. The maximum absolute atomic E-state index is 12.9. The molecule has 0 radical (unpaired) electrons. The van der Waals surface area contributed by atoms with E-state index in [1.165, 1.54) is 12.1 Å². The number of benzene rings is 3. The Morgan fingerprint density at radius 2 is 1.77 bits per heavy atom. The lowest BCUT2D eigenvalue weighted by Gasteiger charge is -2.13. The fraction of sp³-hybridized carbons (Fsp3) is 0.136. The predicted octanol–water partition coefficient (Wildman–Crippen LogP) is 4.64. The van der Waals surface area contributed by atoms with Gasteiger partial charge in [0.1, 0.15) is 5.75 Å². The summed E-state index contributed by atoms with van der Waals surface area (Å²) in [6.07, 6.45) is 0.0980. The van der Waals surface area contributed by atoms with Gasteiger partial charge in [0.15, 0.2) is 0 Å². The van der Waals surface area contributed by atoms with Crippen LogP contribution in [0.5, 0.6) is 5.75 Å². The first-order valence-corrected chi connectivity index (χ1v) is 11.0. The van der Waals surface area contributed by atoms with Gasteiger partial charge in [0, 0.05) is 16.3 Å². The van der Waals surface area contributed by atoms with Gasteiger partial charge in [-0.05, 0) is 48.9 Å².